The van der Waals surface area contributed by atoms with Crippen molar-refractivity contribution in [3.05, 3.63) is 72.6 Å². The van der Waals surface area contributed by atoms with Crippen molar-refractivity contribution in [3.8, 4) is 11.1 Å². The van der Waals surface area contributed by atoms with E-state index >= 15 is 0 Å². The molecular formula is C19H20N4O2S. The molecule has 2 aromatic heterocycles. The van der Waals surface area contributed by atoms with E-state index in [4.69, 9.17) is 0 Å². The van der Waals surface area contributed by atoms with Crippen molar-refractivity contribution < 1.29 is 8.42 Å². The van der Waals surface area contributed by atoms with Crippen molar-refractivity contribution >= 4 is 10.0 Å². The van der Waals surface area contributed by atoms with Crippen LogP contribution in [0, 0.1) is 6.92 Å². The summed E-state index contributed by atoms with van der Waals surface area (Å²) in [5.74, 6) is 0.636. The van der Waals surface area contributed by atoms with Gasteiger partial charge in [-0.1, -0.05) is 24.3 Å². The molecule has 26 heavy (non-hydrogen) atoms. The fourth-order valence-electron chi connectivity index (χ4n) is 2.66. The predicted molar refractivity (Wildman–Crippen MR) is 99.8 cm³/mol. The number of benzene rings is 1. The Kier molecular flexibility index (Phi) is 5.11. The van der Waals surface area contributed by atoms with E-state index in [9.17, 15) is 8.42 Å². The van der Waals surface area contributed by atoms with E-state index in [0.717, 1.165) is 5.56 Å². The van der Waals surface area contributed by atoms with Crippen molar-refractivity contribution in [2.75, 3.05) is 7.05 Å². The molecule has 3 rings (SSSR count). The molecule has 0 fully saturated rings. The third kappa shape index (κ3) is 3.49. The fourth-order valence-corrected chi connectivity index (χ4v) is 4.22. The van der Waals surface area contributed by atoms with E-state index in [1.807, 2.05) is 13.0 Å². The highest BCUT2D eigenvalue weighted by Gasteiger charge is 2.28. The summed E-state index contributed by atoms with van der Waals surface area (Å²) < 4.78 is 27.9. The number of aromatic nitrogens is 3. The monoisotopic (exact) mass is 368 g/mol. The minimum atomic E-state index is -3.73. The number of hydrogen-bond donors (Lipinski definition) is 0. The second-order valence-electron chi connectivity index (χ2n) is 6.00. The summed E-state index contributed by atoms with van der Waals surface area (Å²) >= 11 is 0. The van der Waals surface area contributed by atoms with Crippen LogP contribution >= 0.6 is 0 Å². The minimum absolute atomic E-state index is 0.227. The predicted octanol–water partition coefficient (Wildman–Crippen LogP) is 3.23. The molecule has 0 N–H and O–H groups in total. The molecule has 0 radical (unpaired) electrons. The van der Waals surface area contributed by atoms with Gasteiger partial charge in [0.2, 0.25) is 10.0 Å². The van der Waals surface area contributed by atoms with Gasteiger partial charge in [-0.25, -0.2) is 18.4 Å². The number of hydrogen-bond acceptors (Lipinski definition) is 5. The normalized spacial score (nSPS) is 12.9. The lowest BCUT2D eigenvalue weighted by Crippen LogP contribution is -2.30. The highest BCUT2D eigenvalue weighted by molar-refractivity contribution is 7.89. The molecule has 1 aromatic carbocycles. The Hall–Kier alpha value is -2.64. The van der Waals surface area contributed by atoms with Gasteiger partial charge in [0, 0.05) is 49.0 Å². The number of pyridine rings is 1. The first-order valence-corrected chi connectivity index (χ1v) is 9.61. The zero-order valence-corrected chi connectivity index (χ0v) is 15.7. The van der Waals surface area contributed by atoms with Gasteiger partial charge in [-0.3, -0.25) is 4.98 Å². The van der Waals surface area contributed by atoms with E-state index in [2.05, 4.69) is 15.0 Å². The first-order chi connectivity index (χ1) is 12.4. The first-order valence-electron chi connectivity index (χ1n) is 8.17. The molecule has 1 unspecified atom stereocenters. The van der Waals surface area contributed by atoms with Crippen LogP contribution in [0.4, 0.5) is 0 Å². The second kappa shape index (κ2) is 7.31. The maximum absolute atomic E-state index is 13.3. The van der Waals surface area contributed by atoms with Crippen LogP contribution in [0.2, 0.25) is 0 Å². The lowest BCUT2D eigenvalue weighted by molar-refractivity contribution is 0.398. The van der Waals surface area contributed by atoms with Crippen molar-refractivity contribution in [2.24, 2.45) is 0 Å². The Morgan fingerprint density at radius 1 is 1.00 bits per heavy atom. The molecule has 0 spiro atoms. The van der Waals surface area contributed by atoms with Crippen LogP contribution in [0.5, 0.6) is 0 Å². The van der Waals surface area contributed by atoms with Gasteiger partial charge in [-0.05, 0) is 31.5 Å². The van der Waals surface area contributed by atoms with E-state index in [-0.39, 0.29) is 10.9 Å². The van der Waals surface area contributed by atoms with Crippen LogP contribution in [-0.2, 0) is 10.0 Å². The van der Waals surface area contributed by atoms with Gasteiger partial charge in [0.25, 0.3) is 0 Å². The van der Waals surface area contributed by atoms with Gasteiger partial charge in [0.05, 0.1) is 4.90 Å². The second-order valence-corrected chi connectivity index (χ2v) is 7.96. The van der Waals surface area contributed by atoms with Crippen LogP contribution in [-0.4, -0.2) is 34.7 Å². The Morgan fingerprint density at radius 2 is 1.69 bits per heavy atom. The van der Waals surface area contributed by atoms with Crippen LogP contribution in [0.3, 0.4) is 0 Å². The largest absolute Gasteiger partial charge is 0.264 e. The molecule has 1 atom stereocenters. The standard InChI is InChI=1S/C19H20N4O2S/c1-14(16-7-6-10-20-11-16)23(3)26(24,25)19-9-5-4-8-18(19)17-12-21-15(2)22-13-17/h4-14H,1-3H3. The van der Waals surface area contributed by atoms with Crippen molar-refractivity contribution in [2.45, 2.75) is 24.8 Å². The molecule has 0 aliphatic heterocycles. The Labute approximate surface area is 153 Å². The Morgan fingerprint density at radius 3 is 2.35 bits per heavy atom. The summed E-state index contributed by atoms with van der Waals surface area (Å²) in [4.78, 5) is 12.7. The van der Waals surface area contributed by atoms with Gasteiger partial charge >= 0.3 is 0 Å². The molecular weight excluding hydrogens is 348 g/mol. The molecule has 0 bridgehead atoms. The van der Waals surface area contributed by atoms with Gasteiger partial charge in [0.1, 0.15) is 5.82 Å². The summed E-state index contributed by atoms with van der Waals surface area (Å²) in [7, 11) is -2.15. The van der Waals surface area contributed by atoms with Crippen molar-refractivity contribution in [1.29, 1.82) is 0 Å². The maximum atomic E-state index is 13.3. The molecule has 0 saturated carbocycles. The molecule has 134 valence electrons. The average Bonchev–Trinajstić information content (AvgIpc) is 2.68. The van der Waals surface area contributed by atoms with Crippen LogP contribution in [0.25, 0.3) is 11.1 Å². The lowest BCUT2D eigenvalue weighted by atomic mass is 10.1. The lowest BCUT2D eigenvalue weighted by Gasteiger charge is -2.25. The van der Waals surface area contributed by atoms with Crippen molar-refractivity contribution in [3.63, 3.8) is 0 Å². The SMILES string of the molecule is Cc1ncc(-c2ccccc2S(=O)(=O)N(C)C(C)c2cccnc2)cn1. The number of nitrogens with zero attached hydrogens (tertiary/aromatic N) is 4. The van der Waals surface area contributed by atoms with Gasteiger partial charge in [-0.15, -0.1) is 0 Å². The average molecular weight is 368 g/mol. The third-order valence-electron chi connectivity index (χ3n) is 4.35. The summed E-state index contributed by atoms with van der Waals surface area (Å²) in [6, 6.07) is 10.2. The Bertz CT molecular complexity index is 990. The number of sulfonamides is 1. The highest BCUT2D eigenvalue weighted by Crippen LogP contribution is 2.31. The first kappa shape index (κ1) is 18.2. The summed E-state index contributed by atoms with van der Waals surface area (Å²) in [5, 5.41) is 0. The zero-order chi connectivity index (χ0) is 18.7. The molecule has 6 nitrogen and oxygen atoms in total. The van der Waals surface area contributed by atoms with Crippen LogP contribution in [0.15, 0.2) is 66.1 Å². The van der Waals surface area contributed by atoms with E-state index < -0.39 is 10.0 Å². The quantitative estimate of drug-likeness (QED) is 0.691. The van der Waals surface area contributed by atoms with Gasteiger partial charge in [-0.2, -0.15) is 4.31 Å². The number of rotatable bonds is 5. The van der Waals surface area contributed by atoms with E-state index in [1.54, 1.807) is 69.1 Å². The zero-order valence-electron chi connectivity index (χ0n) is 14.9. The smallest absolute Gasteiger partial charge is 0.243 e. The van der Waals surface area contributed by atoms with Crippen LogP contribution < -0.4 is 0 Å². The molecule has 0 aliphatic rings. The van der Waals surface area contributed by atoms with E-state index in [1.165, 1.54) is 4.31 Å². The molecule has 0 amide bonds. The van der Waals surface area contributed by atoms with Crippen molar-refractivity contribution in [1.82, 2.24) is 19.3 Å². The van der Waals surface area contributed by atoms with Gasteiger partial charge < -0.3 is 0 Å². The van der Waals surface area contributed by atoms with Crippen LogP contribution in [0.1, 0.15) is 24.4 Å². The topological polar surface area (TPSA) is 76.1 Å². The summed E-state index contributed by atoms with van der Waals surface area (Å²) in [6.07, 6.45) is 6.62. The molecule has 2 heterocycles. The van der Waals surface area contributed by atoms with Gasteiger partial charge in [0.15, 0.2) is 0 Å². The Balaban J connectivity index is 2.04. The minimum Gasteiger partial charge on any atom is -0.264 e. The maximum Gasteiger partial charge on any atom is 0.243 e. The summed E-state index contributed by atoms with van der Waals surface area (Å²) in [6.45, 7) is 3.63. The molecule has 0 aliphatic carbocycles. The number of aryl methyl sites for hydroxylation is 1. The van der Waals surface area contributed by atoms with E-state index in [0.29, 0.717) is 17.0 Å². The molecule has 0 saturated heterocycles. The summed E-state index contributed by atoms with van der Waals surface area (Å²) in [5.41, 5.74) is 2.07. The third-order valence-corrected chi connectivity index (χ3v) is 6.33. The molecule has 7 heteroatoms. The molecule has 3 aromatic rings. The highest BCUT2D eigenvalue weighted by atomic mass is 32.2. The fraction of sp³-hybridized carbons (Fsp3) is 0.211.